The van der Waals surface area contributed by atoms with E-state index >= 15 is 0 Å². The Morgan fingerprint density at radius 1 is 1.50 bits per heavy atom. The van der Waals surface area contributed by atoms with Gasteiger partial charge in [0.2, 0.25) is 0 Å². The minimum Gasteiger partial charge on any atom is -0.382 e. The Morgan fingerprint density at radius 3 is 2.90 bits per heavy atom. The number of amides is 1. The van der Waals surface area contributed by atoms with Crippen molar-refractivity contribution >= 4 is 16.9 Å². The molecule has 3 N–H and O–H groups in total. The van der Waals surface area contributed by atoms with E-state index < -0.39 is 6.04 Å². The van der Waals surface area contributed by atoms with Crippen LogP contribution in [0.5, 0.6) is 0 Å². The molecule has 6 heteroatoms. The van der Waals surface area contributed by atoms with E-state index in [9.17, 15) is 4.79 Å². The minimum atomic E-state index is -0.515. The smallest absolute Gasteiger partial charge is 0.259 e. The number of nitrogens with two attached hydrogens (primary N) is 1. The van der Waals surface area contributed by atoms with Gasteiger partial charge >= 0.3 is 0 Å². The lowest BCUT2D eigenvalue weighted by molar-refractivity contribution is -0.125. The van der Waals surface area contributed by atoms with Gasteiger partial charge in [-0.15, -0.1) is 0 Å². The van der Waals surface area contributed by atoms with Crippen molar-refractivity contribution in [3.05, 3.63) is 30.1 Å². The molecule has 1 heterocycles. The number of ether oxygens (including phenoxy) is 1. The molecule has 1 aromatic carbocycles. The van der Waals surface area contributed by atoms with Gasteiger partial charge in [-0.1, -0.05) is 19.1 Å². The van der Waals surface area contributed by atoms with Gasteiger partial charge in [-0.3, -0.25) is 10.2 Å². The zero-order valence-electron chi connectivity index (χ0n) is 11.8. The minimum absolute atomic E-state index is 0.250. The maximum Gasteiger partial charge on any atom is 0.259 e. The Bertz CT molecular complexity index is 594. The van der Waals surface area contributed by atoms with Crippen LogP contribution >= 0.6 is 0 Å². The van der Waals surface area contributed by atoms with Gasteiger partial charge in [0.1, 0.15) is 11.9 Å². The number of imidazole rings is 1. The van der Waals surface area contributed by atoms with Gasteiger partial charge in [0.25, 0.3) is 5.91 Å². The summed E-state index contributed by atoms with van der Waals surface area (Å²) >= 11 is 0. The van der Waals surface area contributed by atoms with Gasteiger partial charge in [-0.25, -0.2) is 10.8 Å². The van der Waals surface area contributed by atoms with Crippen LogP contribution in [0, 0.1) is 0 Å². The van der Waals surface area contributed by atoms with Crippen LogP contribution in [0.4, 0.5) is 0 Å². The van der Waals surface area contributed by atoms with Crippen LogP contribution in [0.25, 0.3) is 11.0 Å². The SMILES string of the molecule is CCCc1nc2ccccc2n1C(COC)C(=O)NN. The van der Waals surface area contributed by atoms with Crippen molar-refractivity contribution in [3.8, 4) is 0 Å². The molecule has 0 spiro atoms. The van der Waals surface area contributed by atoms with Gasteiger partial charge in [-0.05, 0) is 18.6 Å². The number of methoxy groups -OCH3 is 1. The van der Waals surface area contributed by atoms with Crippen LogP contribution in [0.3, 0.4) is 0 Å². The summed E-state index contributed by atoms with van der Waals surface area (Å²) in [5.41, 5.74) is 4.00. The molecule has 1 unspecified atom stereocenters. The largest absolute Gasteiger partial charge is 0.382 e. The normalized spacial score (nSPS) is 12.6. The molecule has 2 aromatic rings. The van der Waals surface area contributed by atoms with E-state index in [0.717, 1.165) is 29.7 Å². The molecule has 0 aliphatic rings. The number of aryl methyl sites for hydroxylation is 1. The lowest BCUT2D eigenvalue weighted by atomic mass is 10.2. The fourth-order valence-electron chi connectivity index (χ4n) is 2.36. The average Bonchev–Trinajstić information content (AvgIpc) is 2.82. The first-order chi connectivity index (χ1) is 9.72. The van der Waals surface area contributed by atoms with E-state index in [4.69, 9.17) is 10.6 Å². The number of nitrogens with one attached hydrogen (secondary N) is 1. The number of hydrogen-bond donors (Lipinski definition) is 2. The Morgan fingerprint density at radius 2 is 2.25 bits per heavy atom. The van der Waals surface area contributed by atoms with Crippen molar-refractivity contribution < 1.29 is 9.53 Å². The van der Waals surface area contributed by atoms with Crippen LogP contribution in [-0.2, 0) is 16.0 Å². The second kappa shape index (κ2) is 6.49. The Labute approximate surface area is 117 Å². The topological polar surface area (TPSA) is 82.2 Å². The molecule has 108 valence electrons. The summed E-state index contributed by atoms with van der Waals surface area (Å²) in [6, 6.07) is 7.24. The standard InChI is InChI=1S/C14H20N4O2/c1-3-6-13-16-10-7-4-5-8-11(10)18(13)12(9-20-2)14(19)17-15/h4-5,7-8,12H,3,6,9,15H2,1-2H3,(H,17,19). The van der Waals surface area contributed by atoms with E-state index in [2.05, 4.69) is 17.3 Å². The average molecular weight is 276 g/mol. The Kier molecular flexibility index (Phi) is 4.70. The molecule has 0 bridgehead atoms. The summed E-state index contributed by atoms with van der Waals surface area (Å²) in [4.78, 5) is 16.6. The van der Waals surface area contributed by atoms with Crippen molar-refractivity contribution in [3.63, 3.8) is 0 Å². The number of carbonyl (C=O) groups is 1. The third-order valence-corrected chi connectivity index (χ3v) is 3.22. The van der Waals surface area contributed by atoms with Gasteiger partial charge in [-0.2, -0.15) is 0 Å². The molecule has 0 fully saturated rings. The zero-order chi connectivity index (χ0) is 14.5. The van der Waals surface area contributed by atoms with Gasteiger partial charge < -0.3 is 9.30 Å². The molecule has 0 saturated carbocycles. The van der Waals surface area contributed by atoms with Crippen LogP contribution < -0.4 is 11.3 Å². The summed E-state index contributed by atoms with van der Waals surface area (Å²) in [5.74, 6) is 5.88. The summed E-state index contributed by atoms with van der Waals surface area (Å²) < 4.78 is 7.09. The Balaban J connectivity index is 2.58. The quantitative estimate of drug-likeness (QED) is 0.471. The van der Waals surface area contributed by atoms with Gasteiger partial charge in [0, 0.05) is 13.5 Å². The summed E-state index contributed by atoms with van der Waals surface area (Å²) in [5, 5.41) is 0. The van der Waals surface area contributed by atoms with E-state index in [1.54, 1.807) is 7.11 Å². The number of rotatable bonds is 6. The predicted octanol–water partition coefficient (Wildman–Crippen LogP) is 1.17. The second-order valence-corrected chi connectivity index (χ2v) is 4.62. The molecule has 1 aromatic heterocycles. The van der Waals surface area contributed by atoms with Crippen LogP contribution in [0.2, 0.25) is 0 Å². The van der Waals surface area contributed by atoms with Crippen LogP contribution in [0.15, 0.2) is 24.3 Å². The highest BCUT2D eigenvalue weighted by Gasteiger charge is 2.24. The van der Waals surface area contributed by atoms with Gasteiger partial charge in [0.05, 0.1) is 17.6 Å². The number of nitrogens with zero attached hydrogens (tertiary/aromatic N) is 2. The van der Waals surface area contributed by atoms with Crippen molar-refractivity contribution in [2.45, 2.75) is 25.8 Å². The number of hydrazine groups is 1. The van der Waals surface area contributed by atoms with E-state index in [-0.39, 0.29) is 12.5 Å². The monoisotopic (exact) mass is 276 g/mol. The van der Waals surface area contributed by atoms with E-state index in [0.29, 0.717) is 0 Å². The molecule has 0 aliphatic heterocycles. The van der Waals surface area contributed by atoms with Crippen molar-refractivity contribution in [1.29, 1.82) is 0 Å². The molecule has 0 saturated heterocycles. The van der Waals surface area contributed by atoms with E-state index in [1.165, 1.54) is 0 Å². The summed E-state index contributed by atoms with van der Waals surface area (Å²) in [7, 11) is 1.56. The van der Waals surface area contributed by atoms with Crippen LogP contribution in [0.1, 0.15) is 25.2 Å². The third-order valence-electron chi connectivity index (χ3n) is 3.22. The molecule has 2 rings (SSSR count). The lowest BCUT2D eigenvalue weighted by Gasteiger charge is -2.19. The van der Waals surface area contributed by atoms with E-state index in [1.807, 2.05) is 28.8 Å². The van der Waals surface area contributed by atoms with Gasteiger partial charge in [0.15, 0.2) is 0 Å². The van der Waals surface area contributed by atoms with Crippen molar-refractivity contribution in [2.75, 3.05) is 13.7 Å². The highest BCUT2D eigenvalue weighted by atomic mass is 16.5. The first-order valence-electron chi connectivity index (χ1n) is 6.68. The van der Waals surface area contributed by atoms with Crippen molar-refractivity contribution in [1.82, 2.24) is 15.0 Å². The molecular formula is C14H20N4O2. The predicted molar refractivity (Wildman–Crippen MR) is 77.0 cm³/mol. The molecule has 0 radical (unpaired) electrons. The molecule has 0 aliphatic carbocycles. The molecular weight excluding hydrogens is 256 g/mol. The summed E-state index contributed by atoms with van der Waals surface area (Å²) in [6.45, 7) is 2.33. The number of benzene rings is 1. The highest BCUT2D eigenvalue weighted by Crippen LogP contribution is 2.22. The first-order valence-corrected chi connectivity index (χ1v) is 6.68. The number of aromatic nitrogens is 2. The first kappa shape index (κ1) is 14.5. The number of para-hydroxylation sites is 2. The number of hydrogen-bond acceptors (Lipinski definition) is 4. The maximum absolute atomic E-state index is 12.0. The second-order valence-electron chi connectivity index (χ2n) is 4.62. The van der Waals surface area contributed by atoms with Crippen LogP contribution in [-0.4, -0.2) is 29.2 Å². The fraction of sp³-hybridized carbons (Fsp3) is 0.429. The number of fused-ring (bicyclic) bond motifs is 1. The molecule has 20 heavy (non-hydrogen) atoms. The molecule has 1 amide bonds. The molecule has 6 nitrogen and oxygen atoms in total. The zero-order valence-corrected chi connectivity index (χ0v) is 11.8. The lowest BCUT2D eigenvalue weighted by Crippen LogP contribution is -2.39. The summed E-state index contributed by atoms with van der Waals surface area (Å²) in [6.07, 6.45) is 1.75. The fourth-order valence-corrected chi connectivity index (χ4v) is 2.36. The third kappa shape index (κ3) is 2.66. The maximum atomic E-state index is 12.0. The molecule has 1 atom stereocenters. The number of carbonyl (C=O) groups excluding carboxylic acids is 1. The highest BCUT2D eigenvalue weighted by molar-refractivity contribution is 5.84. The Hall–Kier alpha value is -1.92. The van der Waals surface area contributed by atoms with Crippen molar-refractivity contribution in [2.24, 2.45) is 5.84 Å².